The number of aromatic nitrogens is 2. The molecule has 2 aliphatic rings. The van der Waals surface area contributed by atoms with E-state index in [2.05, 4.69) is 67.5 Å². The van der Waals surface area contributed by atoms with Crippen LogP contribution in [0.3, 0.4) is 0 Å². The van der Waals surface area contributed by atoms with Crippen molar-refractivity contribution in [1.29, 1.82) is 0 Å². The van der Waals surface area contributed by atoms with Crippen LogP contribution in [-0.2, 0) is 38.1 Å². The largest absolute Gasteiger partial charge is 0.486 e. The number of ether oxygens (including phenoxy) is 6. The first kappa shape index (κ1) is 115. The van der Waals surface area contributed by atoms with Gasteiger partial charge in [0.05, 0.1) is 82.7 Å². The summed E-state index contributed by atoms with van der Waals surface area (Å²) in [5.74, 6) is -2.50. The Balaban J connectivity index is 1.23. The molecule has 0 N–H and O–H groups in total. The fourth-order valence-corrected chi connectivity index (χ4v) is 26.3. The van der Waals surface area contributed by atoms with E-state index in [-0.39, 0.29) is 86.1 Å². The third-order valence-electron chi connectivity index (χ3n) is 29.6. The second-order valence-corrected chi connectivity index (χ2v) is 46.5. The van der Waals surface area contributed by atoms with Gasteiger partial charge in [-0.1, -0.05) is 415 Å². The highest BCUT2D eigenvalue weighted by Crippen LogP contribution is 2.57. The van der Waals surface area contributed by atoms with Gasteiger partial charge in [0.1, 0.15) is 23.2 Å². The maximum Gasteiger partial charge on any atom is 0.309 e. The average molecular weight is 1960 g/mol. The van der Waals surface area contributed by atoms with Gasteiger partial charge in [0.25, 0.3) is 0 Å². The van der Waals surface area contributed by atoms with Gasteiger partial charge in [-0.2, -0.15) is 8.75 Å². The lowest BCUT2D eigenvalue weighted by Crippen LogP contribution is -2.40. The van der Waals surface area contributed by atoms with Crippen LogP contribution in [0.2, 0.25) is 0 Å². The summed E-state index contributed by atoms with van der Waals surface area (Å²) in [5.41, 5.74) is 2.41. The van der Waals surface area contributed by atoms with E-state index in [1.165, 1.54) is 354 Å². The predicted molar refractivity (Wildman–Crippen MR) is 575 cm³/mol. The highest BCUT2D eigenvalue weighted by molar-refractivity contribution is 7.31. The van der Waals surface area contributed by atoms with Gasteiger partial charge in [-0.05, 0) is 138 Å². The normalized spacial score (nSPS) is 17.3. The number of benzene rings is 1. The zero-order valence-corrected chi connectivity index (χ0v) is 90.5. The number of hydrogen-bond acceptors (Lipinski definition) is 19. The highest BCUT2D eigenvalue weighted by atomic mass is 32.1. The number of thiophene rings is 4. The number of esters is 4. The van der Waals surface area contributed by atoms with E-state index in [1.54, 1.807) is 0 Å². The molecule has 0 spiro atoms. The summed E-state index contributed by atoms with van der Waals surface area (Å²) < 4.78 is 57.2. The molecule has 0 radical (unpaired) electrons. The molecular weight excluding hydrogens is 1770 g/mol. The number of hydrogen-bond donors (Lipinski definition) is 0. The lowest BCUT2D eigenvalue weighted by molar-refractivity contribution is -0.160. The van der Waals surface area contributed by atoms with Crippen molar-refractivity contribution in [2.45, 2.75) is 517 Å². The highest BCUT2D eigenvalue weighted by Gasteiger charge is 2.44. The SMILES string of the molecule is CCCCCCCCCCC(CCCCCCCC)COC(=O)C1CC(Oc2c(OC3CC(C(=O)OCC(CCCCCCCC)CCCCCCCCCC)CC(C(=O)OCC(CCCCCCCC)CCCCCCCCCC)C3)c(-c3cc4sc(C=O)cc4s3)c3nsnc3c2-c2cc3sc(C=O)cc3s2)CC(C(=O)OCC(CCCCCCCC)CCCCCCCCCC)C1. The molecule has 6 aromatic rings. The van der Waals surface area contributed by atoms with E-state index in [4.69, 9.17) is 37.2 Å². The zero-order chi connectivity index (χ0) is 95.9. The number of carbonyl (C=O) groups excluding carboxylic acids is 6. The second-order valence-electron chi connectivity index (χ2n) is 41.5. The Labute approximate surface area is 840 Å². The number of unbranched alkanes of at least 4 members (excludes halogenated alkanes) is 48. The third-order valence-corrected chi connectivity index (χ3v) is 34.6. The molecule has 1 aromatic carbocycles. The zero-order valence-electron chi connectivity index (χ0n) is 86.4. The number of fused-ring (bicyclic) bond motifs is 3. The minimum Gasteiger partial charge on any atom is -0.486 e. The first-order valence-corrected chi connectivity index (χ1v) is 60.6. The third kappa shape index (κ3) is 44.3. The number of carbonyl (C=O) groups is 6. The van der Waals surface area contributed by atoms with E-state index in [0.29, 0.717) is 69.8 Å². The van der Waals surface area contributed by atoms with E-state index in [1.807, 2.05) is 12.1 Å². The van der Waals surface area contributed by atoms with Crippen LogP contribution in [0.1, 0.15) is 524 Å². The molecule has 764 valence electrons. The smallest absolute Gasteiger partial charge is 0.309 e. The van der Waals surface area contributed by atoms with Crippen molar-refractivity contribution in [3.8, 4) is 32.4 Å². The summed E-state index contributed by atoms with van der Waals surface area (Å²) in [6, 6.07) is 8.09. The Morgan fingerprint density at radius 3 is 0.681 bits per heavy atom. The Kier molecular flexibility index (Phi) is 61.2. The van der Waals surface area contributed by atoms with Gasteiger partial charge < -0.3 is 28.4 Å². The van der Waals surface area contributed by atoms with E-state index in [9.17, 15) is 9.59 Å². The van der Waals surface area contributed by atoms with Crippen molar-refractivity contribution in [3.05, 3.63) is 34.0 Å². The summed E-state index contributed by atoms with van der Waals surface area (Å²) in [6.45, 7) is 19.5. The van der Waals surface area contributed by atoms with Gasteiger partial charge in [0.2, 0.25) is 0 Å². The quantitative estimate of drug-likeness (QED) is 0.0152. The Hall–Kier alpha value is -4.82. The molecule has 8 unspecified atom stereocenters. The van der Waals surface area contributed by atoms with Crippen molar-refractivity contribution in [2.24, 2.45) is 47.3 Å². The summed E-state index contributed by atoms with van der Waals surface area (Å²) in [5, 5.41) is 0. The van der Waals surface area contributed by atoms with Gasteiger partial charge >= 0.3 is 23.9 Å². The topological polar surface area (TPSA) is 184 Å². The van der Waals surface area contributed by atoms with Gasteiger partial charge in [-0.25, -0.2) is 0 Å². The van der Waals surface area contributed by atoms with Crippen LogP contribution in [0.15, 0.2) is 24.3 Å². The predicted octanol–water partition coefficient (Wildman–Crippen LogP) is 37.3. The molecule has 0 bridgehead atoms. The Bertz CT molecular complexity index is 3670. The van der Waals surface area contributed by atoms with E-state index in [0.717, 1.165) is 156 Å². The summed E-state index contributed by atoms with van der Waals surface area (Å²) in [6.07, 6.45) is 77.9. The summed E-state index contributed by atoms with van der Waals surface area (Å²) in [4.78, 5) is 90.9. The van der Waals surface area contributed by atoms with Crippen molar-refractivity contribution in [3.63, 3.8) is 0 Å². The molecule has 2 aliphatic carbocycles. The molecule has 19 heteroatoms. The molecule has 14 nitrogen and oxygen atoms in total. The van der Waals surface area contributed by atoms with Crippen molar-refractivity contribution >= 4 is 123 Å². The minimum atomic E-state index is -0.772. The second kappa shape index (κ2) is 71.6. The molecule has 0 aliphatic heterocycles. The molecule has 8 atom stereocenters. The van der Waals surface area contributed by atoms with Crippen LogP contribution in [0.5, 0.6) is 11.5 Å². The maximum atomic E-state index is 15.7. The molecule has 2 fully saturated rings. The fraction of sp³-hybridized carbons (Fsp3) is 0.793. The number of aldehydes is 2. The van der Waals surface area contributed by atoms with Crippen molar-refractivity contribution < 1.29 is 57.2 Å². The maximum absolute atomic E-state index is 15.7. The van der Waals surface area contributed by atoms with Gasteiger partial charge in [-0.15, -0.1) is 45.3 Å². The fourth-order valence-electron chi connectivity index (χ4n) is 21.2. The van der Waals surface area contributed by atoms with Crippen LogP contribution in [-0.4, -0.2) is 83.8 Å². The molecule has 8 rings (SSSR count). The van der Waals surface area contributed by atoms with Crippen LogP contribution >= 0.6 is 57.1 Å². The van der Waals surface area contributed by atoms with Crippen LogP contribution in [0, 0.1) is 47.3 Å². The number of nitrogens with zero attached hydrogens (tertiary/aromatic N) is 2. The molecular formula is C116H188N2O12S5. The van der Waals surface area contributed by atoms with Crippen LogP contribution < -0.4 is 9.47 Å². The van der Waals surface area contributed by atoms with Crippen molar-refractivity contribution in [2.75, 3.05) is 26.4 Å². The van der Waals surface area contributed by atoms with Gasteiger partial charge in [0.15, 0.2) is 24.1 Å². The lowest BCUT2D eigenvalue weighted by Gasteiger charge is -2.36. The molecule has 5 heterocycles. The average Bonchev–Trinajstić information content (AvgIpc) is 1.60. The van der Waals surface area contributed by atoms with Gasteiger partial charge in [0, 0.05) is 28.6 Å². The molecule has 135 heavy (non-hydrogen) atoms. The van der Waals surface area contributed by atoms with E-state index < -0.39 is 35.9 Å². The van der Waals surface area contributed by atoms with Crippen molar-refractivity contribution in [1.82, 2.24) is 8.75 Å². The summed E-state index contributed by atoms with van der Waals surface area (Å²) in [7, 11) is 0. The Morgan fingerprint density at radius 2 is 0.481 bits per heavy atom. The monoisotopic (exact) mass is 1960 g/mol. The van der Waals surface area contributed by atoms with Gasteiger partial charge in [-0.3, -0.25) is 28.8 Å². The molecule has 5 aromatic heterocycles. The molecule has 2 saturated carbocycles. The van der Waals surface area contributed by atoms with E-state index >= 15 is 19.2 Å². The van der Waals surface area contributed by atoms with Crippen LogP contribution in [0.25, 0.3) is 50.7 Å². The minimum absolute atomic E-state index is 0.219. The summed E-state index contributed by atoms with van der Waals surface area (Å²) >= 11 is 7.03. The standard InChI is InChI=1S/C116H188N2O12S5/c1-9-17-25-33-41-45-53-61-69-89(65-57-49-37-29-21-13-5)85-125-113(121)93-73-94(114(122)126-86-90(66-58-50-38-30-22-14-6)70-62-54-46-42-34-26-18-10-2)76-97(75-93)129-111-107(105-81-103-101(133-105)79-99(83-119)131-103)109-110(118-135-117-109)108(106-82-104-102(134-106)80-100(84-120)132-104)112(111)130-98-77-95(115(123)127-87-91(67-59-51-39-31-23-15-7)71-63-55-47-43-35-27-19-11-3)74-96(78-98)116(124)128-88-92(68-60-52-40-32-24-16-8)72-64-56-48-44-36-28-20-12-4/h79-84,89-98H,9-78,85-88H2,1-8H3. The number of rotatable bonds is 84. The van der Waals surface area contributed by atoms with Crippen LogP contribution in [0.4, 0.5) is 0 Å². The first-order chi connectivity index (χ1) is 66.3. The Morgan fingerprint density at radius 1 is 0.281 bits per heavy atom. The lowest BCUT2D eigenvalue weighted by atomic mass is 9.79. The molecule has 0 amide bonds. The first-order valence-electron chi connectivity index (χ1n) is 56.6. The molecule has 0 saturated heterocycles.